The molecule has 0 amide bonds. The average Bonchev–Trinajstić information content (AvgIpc) is 2.56. The Morgan fingerprint density at radius 3 is 2.68 bits per heavy atom. The number of allylic oxidation sites excluding steroid dienone is 1. The van der Waals surface area contributed by atoms with Crippen molar-refractivity contribution in [2.24, 2.45) is 22.7 Å². The van der Waals surface area contributed by atoms with Crippen LogP contribution in [0.3, 0.4) is 0 Å². The first-order valence-electron chi connectivity index (χ1n) is 9.42. The first kappa shape index (κ1) is 20.2. The summed E-state index contributed by atoms with van der Waals surface area (Å²) in [6.07, 6.45) is 6.47. The molecule has 0 heterocycles. The summed E-state index contributed by atoms with van der Waals surface area (Å²) in [7, 11) is 1.46. The summed E-state index contributed by atoms with van der Waals surface area (Å²) in [5, 5.41) is 19.7. The molecule has 142 valence electrons. The van der Waals surface area contributed by atoms with E-state index in [4.69, 9.17) is 9.84 Å². The minimum absolute atomic E-state index is 0.0559. The van der Waals surface area contributed by atoms with E-state index in [-0.39, 0.29) is 29.8 Å². The maximum absolute atomic E-state index is 12.6. The van der Waals surface area contributed by atoms with Crippen LogP contribution < -0.4 is 0 Å². The highest BCUT2D eigenvalue weighted by molar-refractivity contribution is 5.77. The van der Waals surface area contributed by atoms with Crippen LogP contribution in [-0.4, -0.2) is 36.0 Å². The topological polar surface area (TPSA) is 66.8 Å². The van der Waals surface area contributed by atoms with E-state index in [0.29, 0.717) is 6.42 Å². The second kappa shape index (κ2) is 7.63. The quantitative estimate of drug-likeness (QED) is 0.587. The van der Waals surface area contributed by atoms with E-state index in [1.807, 2.05) is 19.9 Å². The molecule has 0 aliphatic heterocycles. The number of carbonyl (C=O) groups is 1. The van der Waals surface area contributed by atoms with Crippen LogP contribution in [-0.2, 0) is 9.53 Å². The Balaban J connectivity index is 2.34. The highest BCUT2D eigenvalue weighted by atomic mass is 16.5. The van der Waals surface area contributed by atoms with E-state index in [2.05, 4.69) is 13.5 Å². The molecule has 4 heteroatoms. The lowest BCUT2D eigenvalue weighted by molar-refractivity contribution is -0.171. The Morgan fingerprint density at radius 2 is 2.08 bits per heavy atom. The Hall–Kier alpha value is -1.13. The van der Waals surface area contributed by atoms with Crippen LogP contribution >= 0.6 is 0 Å². The van der Waals surface area contributed by atoms with Crippen LogP contribution in [0.25, 0.3) is 0 Å². The number of methoxy groups -OCH3 is 1. The molecule has 0 saturated heterocycles. The number of esters is 1. The summed E-state index contributed by atoms with van der Waals surface area (Å²) in [5.74, 6) is 0.111. The van der Waals surface area contributed by atoms with Gasteiger partial charge in [-0.2, -0.15) is 0 Å². The second-order valence-corrected chi connectivity index (χ2v) is 8.47. The third-order valence-corrected chi connectivity index (χ3v) is 7.03. The zero-order valence-electron chi connectivity index (χ0n) is 16.2. The van der Waals surface area contributed by atoms with Crippen molar-refractivity contribution in [3.05, 3.63) is 23.8 Å². The van der Waals surface area contributed by atoms with Crippen molar-refractivity contribution in [1.29, 1.82) is 0 Å². The molecule has 2 aliphatic carbocycles. The van der Waals surface area contributed by atoms with Gasteiger partial charge in [0.1, 0.15) is 0 Å². The fourth-order valence-corrected chi connectivity index (χ4v) is 5.51. The van der Waals surface area contributed by atoms with Crippen molar-refractivity contribution in [2.75, 3.05) is 13.7 Å². The number of carbonyl (C=O) groups excluding carboxylic acids is 1. The summed E-state index contributed by atoms with van der Waals surface area (Å²) < 4.78 is 5.13. The molecule has 0 radical (unpaired) electrons. The van der Waals surface area contributed by atoms with Gasteiger partial charge in [0.05, 0.1) is 25.2 Å². The fraction of sp³-hybridized carbons (Fsp3) is 0.762. The number of fused-ring (bicyclic) bond motifs is 1. The molecule has 1 unspecified atom stereocenters. The maximum Gasteiger partial charge on any atom is 0.311 e. The van der Waals surface area contributed by atoms with E-state index in [1.54, 1.807) is 0 Å². The molecule has 0 spiro atoms. The minimum atomic E-state index is -0.563. The maximum atomic E-state index is 12.6. The van der Waals surface area contributed by atoms with Gasteiger partial charge in [0.2, 0.25) is 0 Å². The molecule has 2 N–H and O–H groups in total. The number of hydrogen-bond donors (Lipinski definition) is 2. The van der Waals surface area contributed by atoms with Gasteiger partial charge in [-0.15, -0.1) is 0 Å². The first-order valence-corrected chi connectivity index (χ1v) is 9.42. The van der Waals surface area contributed by atoms with Gasteiger partial charge in [-0.3, -0.25) is 4.79 Å². The van der Waals surface area contributed by atoms with Gasteiger partial charge in [0.25, 0.3) is 0 Å². The van der Waals surface area contributed by atoms with Crippen LogP contribution in [0.15, 0.2) is 23.8 Å². The van der Waals surface area contributed by atoms with Gasteiger partial charge >= 0.3 is 5.97 Å². The molecule has 2 rings (SSSR count). The Labute approximate surface area is 152 Å². The minimum Gasteiger partial charge on any atom is -0.469 e. The smallest absolute Gasteiger partial charge is 0.311 e. The molecule has 25 heavy (non-hydrogen) atoms. The molecular weight excluding hydrogens is 316 g/mol. The fourth-order valence-electron chi connectivity index (χ4n) is 5.51. The molecule has 0 aromatic carbocycles. The highest BCUT2D eigenvalue weighted by Gasteiger charge is 2.59. The van der Waals surface area contributed by atoms with Crippen molar-refractivity contribution < 1.29 is 19.7 Å². The van der Waals surface area contributed by atoms with Gasteiger partial charge in [0.15, 0.2) is 0 Å². The summed E-state index contributed by atoms with van der Waals surface area (Å²) in [6.45, 7) is 10.6. The van der Waals surface area contributed by atoms with Crippen LogP contribution in [0.4, 0.5) is 0 Å². The number of ether oxygens (including phenoxy) is 1. The lowest BCUT2D eigenvalue weighted by Crippen LogP contribution is -2.56. The Kier molecular flexibility index (Phi) is 6.16. The molecule has 0 aromatic heterocycles. The lowest BCUT2D eigenvalue weighted by atomic mass is 9.46. The van der Waals surface area contributed by atoms with Crippen LogP contribution in [0.1, 0.15) is 59.3 Å². The number of rotatable bonds is 5. The van der Waals surface area contributed by atoms with Crippen LogP contribution in [0.2, 0.25) is 0 Å². The van der Waals surface area contributed by atoms with Gasteiger partial charge in [-0.05, 0) is 68.8 Å². The Morgan fingerprint density at radius 1 is 1.40 bits per heavy atom. The molecule has 4 nitrogen and oxygen atoms in total. The van der Waals surface area contributed by atoms with E-state index in [9.17, 15) is 9.90 Å². The summed E-state index contributed by atoms with van der Waals surface area (Å²) in [6, 6.07) is 0. The average molecular weight is 350 g/mol. The highest BCUT2D eigenvalue weighted by Crippen LogP contribution is 2.62. The molecule has 2 fully saturated rings. The molecule has 5 atom stereocenters. The predicted molar refractivity (Wildman–Crippen MR) is 98.9 cm³/mol. The standard InChI is InChI=1S/C21H34O4/c1-14(9-12-22)7-8-16-15(2)17(23)13-18-20(16,3)10-6-11-21(18,4)19(24)25-5/h9,16-18,22-23H,2,6-8,10-13H2,1,3-5H3/b14-9+/t16-,17-,18?,20+,21-/m0/s1. The monoisotopic (exact) mass is 350 g/mol. The third-order valence-electron chi connectivity index (χ3n) is 7.03. The third kappa shape index (κ3) is 3.56. The van der Waals surface area contributed by atoms with Gasteiger partial charge in [-0.25, -0.2) is 0 Å². The predicted octanol–water partition coefficient (Wildman–Crippen LogP) is 3.63. The molecular formula is C21H34O4. The van der Waals surface area contributed by atoms with E-state index < -0.39 is 11.5 Å². The lowest BCUT2D eigenvalue weighted by Gasteiger charge is -2.58. The Bertz CT molecular complexity index is 552. The summed E-state index contributed by atoms with van der Waals surface area (Å²) >= 11 is 0. The summed E-state index contributed by atoms with van der Waals surface area (Å²) in [5.41, 5.74) is 1.46. The van der Waals surface area contributed by atoms with Crippen molar-refractivity contribution >= 4 is 5.97 Å². The van der Waals surface area contributed by atoms with E-state index in [1.165, 1.54) is 7.11 Å². The van der Waals surface area contributed by atoms with Crippen molar-refractivity contribution in [2.45, 2.75) is 65.4 Å². The normalized spacial score (nSPS) is 39.0. The first-order chi connectivity index (χ1) is 11.7. The zero-order valence-corrected chi connectivity index (χ0v) is 16.2. The number of aliphatic hydroxyl groups excluding tert-OH is 2. The molecule has 2 aliphatic rings. The number of hydrogen-bond acceptors (Lipinski definition) is 4. The van der Waals surface area contributed by atoms with E-state index in [0.717, 1.165) is 43.3 Å². The van der Waals surface area contributed by atoms with Crippen LogP contribution in [0.5, 0.6) is 0 Å². The van der Waals surface area contributed by atoms with Gasteiger partial charge < -0.3 is 14.9 Å². The molecule has 0 aromatic rings. The number of aliphatic hydroxyl groups is 2. The van der Waals surface area contributed by atoms with Crippen LogP contribution in [0, 0.1) is 22.7 Å². The molecule has 0 bridgehead atoms. The molecule has 2 saturated carbocycles. The zero-order chi connectivity index (χ0) is 18.8. The summed E-state index contributed by atoms with van der Waals surface area (Å²) in [4.78, 5) is 12.6. The van der Waals surface area contributed by atoms with Crippen molar-refractivity contribution in [3.8, 4) is 0 Å². The SMILES string of the molecule is C=C1[C@@H](O)CC2[C@](C)(CCC[C@]2(C)C(=O)OC)[C@H]1CC/C(C)=C/CO. The van der Waals surface area contributed by atoms with Crippen molar-refractivity contribution in [1.82, 2.24) is 0 Å². The van der Waals surface area contributed by atoms with Crippen molar-refractivity contribution in [3.63, 3.8) is 0 Å². The van der Waals surface area contributed by atoms with Gasteiger partial charge in [0, 0.05) is 0 Å². The van der Waals surface area contributed by atoms with E-state index >= 15 is 0 Å². The largest absolute Gasteiger partial charge is 0.469 e. The second-order valence-electron chi connectivity index (χ2n) is 8.47. The van der Waals surface area contributed by atoms with Gasteiger partial charge in [-0.1, -0.05) is 31.6 Å².